The number of aliphatic imine (C=N–C) groups is 1. The van der Waals surface area contributed by atoms with E-state index in [9.17, 15) is 0 Å². The maximum atomic E-state index is 5.74. The maximum absolute atomic E-state index is 5.74. The number of oxazole rings is 1. The minimum Gasteiger partial charge on any atom is -0.444 e. The van der Waals surface area contributed by atoms with Crippen LogP contribution in [0, 0.1) is 19.8 Å². The van der Waals surface area contributed by atoms with Gasteiger partial charge >= 0.3 is 0 Å². The molecule has 0 amide bonds. The Kier molecular flexibility index (Phi) is 8.92. The Bertz CT molecular complexity index is 880. The number of hydrogen-bond acceptors (Lipinski definition) is 6. The molecule has 4 rings (SSSR count). The molecule has 1 fully saturated rings. The van der Waals surface area contributed by atoms with Gasteiger partial charge in [-0.3, -0.25) is 9.89 Å². The van der Waals surface area contributed by atoms with Crippen LogP contribution in [0.4, 0.5) is 0 Å². The van der Waals surface area contributed by atoms with Gasteiger partial charge in [-0.05, 0) is 52.1 Å². The topological polar surface area (TPSA) is 96.4 Å². The molecule has 32 heavy (non-hydrogen) atoms. The maximum Gasteiger partial charge on any atom is 0.208 e. The van der Waals surface area contributed by atoms with Gasteiger partial charge in [0.2, 0.25) is 5.89 Å². The van der Waals surface area contributed by atoms with Gasteiger partial charge in [-0.1, -0.05) is 6.92 Å². The summed E-state index contributed by atoms with van der Waals surface area (Å²) in [5, 5.41) is 11.7. The lowest BCUT2D eigenvalue weighted by molar-refractivity contribution is 0.164. The minimum atomic E-state index is 0. The van der Waals surface area contributed by atoms with Crippen LogP contribution >= 0.6 is 24.0 Å². The average Bonchev–Trinajstić information content (AvgIpc) is 3.33. The predicted octanol–water partition coefficient (Wildman–Crippen LogP) is 2.46. The molecule has 1 unspecified atom stereocenters. The molecule has 178 valence electrons. The monoisotopic (exact) mass is 556 g/mol. The number of guanidine groups is 1. The summed E-state index contributed by atoms with van der Waals surface area (Å²) in [5.74, 6) is 5.36. The van der Waals surface area contributed by atoms with Gasteiger partial charge < -0.3 is 15.1 Å². The van der Waals surface area contributed by atoms with Gasteiger partial charge in [-0.25, -0.2) is 14.6 Å². The smallest absolute Gasteiger partial charge is 0.208 e. The zero-order valence-corrected chi connectivity index (χ0v) is 22.1. The first kappa shape index (κ1) is 24.9. The van der Waals surface area contributed by atoms with Crippen molar-refractivity contribution in [1.82, 2.24) is 35.3 Å². The summed E-state index contributed by atoms with van der Waals surface area (Å²) in [5.41, 5.74) is 0.997. The Morgan fingerprint density at radius 1 is 1.19 bits per heavy atom. The molecule has 2 aromatic heterocycles. The molecule has 2 aliphatic heterocycles. The van der Waals surface area contributed by atoms with Gasteiger partial charge in [-0.2, -0.15) is 5.10 Å². The second-order valence-corrected chi connectivity index (χ2v) is 8.78. The number of nitrogens with one attached hydrogen (secondary N) is 2. The van der Waals surface area contributed by atoms with Crippen LogP contribution in [0.25, 0.3) is 0 Å². The molecule has 0 aliphatic carbocycles. The number of piperidine rings is 1. The van der Waals surface area contributed by atoms with E-state index in [0.29, 0.717) is 12.0 Å². The van der Waals surface area contributed by atoms with Crippen molar-refractivity contribution in [3.05, 3.63) is 29.0 Å². The Morgan fingerprint density at radius 3 is 2.62 bits per heavy atom. The summed E-state index contributed by atoms with van der Waals surface area (Å²) >= 11 is 0. The highest BCUT2D eigenvalue weighted by atomic mass is 127. The number of rotatable bonds is 6. The third-order valence-electron chi connectivity index (χ3n) is 6.48. The predicted molar refractivity (Wildman–Crippen MR) is 135 cm³/mol. The van der Waals surface area contributed by atoms with Crippen LogP contribution < -0.4 is 10.6 Å². The number of likely N-dealkylation sites (tertiary alicyclic amines) is 1. The van der Waals surface area contributed by atoms with Crippen LogP contribution in [-0.2, 0) is 25.9 Å². The number of hydrogen-bond donors (Lipinski definition) is 2. The number of aryl methyl sites for hydroxylation is 4. The zero-order valence-electron chi connectivity index (χ0n) is 19.7. The molecule has 0 bridgehead atoms. The average molecular weight is 556 g/mol. The summed E-state index contributed by atoms with van der Waals surface area (Å²) in [6, 6.07) is 0.333. The second kappa shape index (κ2) is 11.4. The molecule has 0 radical (unpaired) electrons. The molecule has 2 aromatic rings. The molecule has 1 atom stereocenters. The van der Waals surface area contributed by atoms with Crippen molar-refractivity contribution in [1.29, 1.82) is 0 Å². The van der Waals surface area contributed by atoms with Crippen LogP contribution in [0.3, 0.4) is 0 Å². The molecule has 0 aromatic carbocycles. The Labute approximate surface area is 207 Å². The lowest BCUT2D eigenvalue weighted by Gasteiger charge is -2.32. The van der Waals surface area contributed by atoms with Gasteiger partial charge in [0.15, 0.2) is 11.8 Å². The third-order valence-corrected chi connectivity index (χ3v) is 6.48. The quantitative estimate of drug-likeness (QED) is 0.321. The molecule has 10 heteroatoms. The highest BCUT2D eigenvalue weighted by Crippen LogP contribution is 2.19. The molecule has 2 aliphatic rings. The second-order valence-electron chi connectivity index (χ2n) is 8.78. The van der Waals surface area contributed by atoms with E-state index in [1.807, 2.05) is 20.9 Å². The van der Waals surface area contributed by atoms with E-state index in [1.54, 1.807) is 0 Å². The van der Waals surface area contributed by atoms with Crippen molar-refractivity contribution in [2.24, 2.45) is 10.9 Å². The molecule has 9 nitrogen and oxygen atoms in total. The van der Waals surface area contributed by atoms with E-state index in [-0.39, 0.29) is 24.0 Å². The van der Waals surface area contributed by atoms with E-state index < -0.39 is 0 Å². The van der Waals surface area contributed by atoms with Gasteiger partial charge in [0, 0.05) is 32.5 Å². The molecular weight excluding hydrogens is 519 g/mol. The number of halogens is 1. The standard InChI is InChI=1S/C22H36N8O.HI/c1-5-19-27-20-7-6-18(13-30(20)28-19)26-22(23-4)24-12-17-8-10-29(11-9-17)14-21-25-15(2)16(3)31-21;/h17-18H,5-14H2,1-4H3,(H2,23,24,26);1H. The molecule has 1 saturated heterocycles. The van der Waals surface area contributed by atoms with Gasteiger partial charge in [0.25, 0.3) is 0 Å². The lowest BCUT2D eigenvalue weighted by Crippen LogP contribution is -2.48. The SMILES string of the molecule is CCc1nc2n(n1)CC(NC(=NC)NCC1CCN(Cc3nc(C)c(C)o3)CC1)CC2.I. The number of nitrogens with zero attached hydrogens (tertiary/aromatic N) is 6. The van der Waals surface area contributed by atoms with Gasteiger partial charge in [0.05, 0.1) is 18.8 Å². The molecule has 4 heterocycles. The number of fused-ring (bicyclic) bond motifs is 1. The first-order chi connectivity index (χ1) is 15.0. The van der Waals surface area contributed by atoms with Crippen LogP contribution in [0.1, 0.15) is 55.2 Å². The minimum absolute atomic E-state index is 0. The van der Waals surface area contributed by atoms with Crippen molar-refractivity contribution < 1.29 is 4.42 Å². The third kappa shape index (κ3) is 6.21. The normalized spacial score (nSPS) is 20.0. The van der Waals surface area contributed by atoms with Crippen molar-refractivity contribution in [2.45, 2.75) is 72.0 Å². The van der Waals surface area contributed by atoms with Crippen LogP contribution in [0.15, 0.2) is 9.41 Å². The highest BCUT2D eigenvalue weighted by Gasteiger charge is 2.24. The Hall–Kier alpha value is -1.69. The highest BCUT2D eigenvalue weighted by molar-refractivity contribution is 14.0. The van der Waals surface area contributed by atoms with E-state index in [0.717, 1.165) is 86.9 Å². The first-order valence-corrected chi connectivity index (χ1v) is 11.6. The number of aromatic nitrogens is 4. The summed E-state index contributed by atoms with van der Waals surface area (Å²) in [7, 11) is 1.84. The fraction of sp³-hybridized carbons (Fsp3) is 0.727. The van der Waals surface area contributed by atoms with E-state index in [4.69, 9.17) is 4.42 Å². The Balaban J connectivity index is 0.00000289. The zero-order chi connectivity index (χ0) is 21.8. The summed E-state index contributed by atoms with van der Waals surface area (Å²) in [6.07, 6.45) is 5.25. The van der Waals surface area contributed by atoms with Gasteiger partial charge in [0.1, 0.15) is 11.6 Å². The van der Waals surface area contributed by atoms with Crippen LogP contribution in [0.5, 0.6) is 0 Å². The molecule has 0 spiro atoms. The summed E-state index contributed by atoms with van der Waals surface area (Å²) in [6.45, 7) is 10.8. The van der Waals surface area contributed by atoms with E-state index in [2.05, 4.69) is 47.2 Å². The molecule has 0 saturated carbocycles. The Morgan fingerprint density at radius 2 is 1.97 bits per heavy atom. The van der Waals surface area contributed by atoms with Gasteiger partial charge in [-0.15, -0.1) is 24.0 Å². The van der Waals surface area contributed by atoms with Crippen molar-refractivity contribution in [2.75, 3.05) is 26.7 Å². The van der Waals surface area contributed by atoms with Crippen molar-refractivity contribution >= 4 is 29.9 Å². The molecule has 2 N–H and O–H groups in total. The first-order valence-electron chi connectivity index (χ1n) is 11.6. The van der Waals surface area contributed by atoms with Crippen molar-refractivity contribution in [3.8, 4) is 0 Å². The summed E-state index contributed by atoms with van der Waals surface area (Å²) in [4.78, 5) is 16.0. The van der Waals surface area contributed by atoms with E-state index >= 15 is 0 Å². The lowest BCUT2D eigenvalue weighted by atomic mass is 9.97. The van der Waals surface area contributed by atoms with Crippen molar-refractivity contribution in [3.63, 3.8) is 0 Å². The fourth-order valence-electron chi connectivity index (χ4n) is 4.40. The summed E-state index contributed by atoms with van der Waals surface area (Å²) < 4.78 is 7.80. The largest absolute Gasteiger partial charge is 0.444 e. The molecular formula is C22H37IN8O. The van der Waals surface area contributed by atoms with E-state index in [1.165, 1.54) is 12.8 Å². The van der Waals surface area contributed by atoms with Crippen LogP contribution in [-0.4, -0.2) is 63.3 Å². The van der Waals surface area contributed by atoms with Crippen LogP contribution in [0.2, 0.25) is 0 Å². The fourth-order valence-corrected chi connectivity index (χ4v) is 4.40.